The first-order valence-electron chi connectivity index (χ1n) is 9.29. The molecule has 0 aliphatic carbocycles. The number of para-hydroxylation sites is 2. The van der Waals surface area contributed by atoms with Gasteiger partial charge in [-0.1, -0.05) is 25.0 Å². The minimum atomic E-state index is 0.00951. The van der Waals surface area contributed by atoms with E-state index in [1.165, 1.54) is 25.7 Å². The largest absolute Gasteiger partial charge is 0.377 e. The highest BCUT2D eigenvalue weighted by atomic mass is 16.5. The summed E-state index contributed by atoms with van der Waals surface area (Å²) in [6, 6.07) is 8.14. The maximum absolute atomic E-state index is 12.3. The quantitative estimate of drug-likeness (QED) is 0.842. The Morgan fingerprint density at radius 2 is 1.92 bits per heavy atom. The molecule has 0 unspecified atom stereocenters. The van der Waals surface area contributed by atoms with E-state index in [0.717, 1.165) is 50.5 Å². The van der Waals surface area contributed by atoms with E-state index in [0.29, 0.717) is 6.54 Å². The van der Waals surface area contributed by atoms with E-state index in [2.05, 4.69) is 21.6 Å². The van der Waals surface area contributed by atoms with Gasteiger partial charge in [-0.2, -0.15) is 0 Å². The summed E-state index contributed by atoms with van der Waals surface area (Å²) in [5.74, 6) is 0.00951. The summed E-state index contributed by atoms with van der Waals surface area (Å²) >= 11 is 0. The molecule has 2 aliphatic heterocycles. The maximum Gasteiger partial charge on any atom is 0.238 e. The highest BCUT2D eigenvalue weighted by Gasteiger charge is 2.16. The number of hydrogen-bond acceptors (Lipinski definition) is 4. The van der Waals surface area contributed by atoms with Gasteiger partial charge in [-0.15, -0.1) is 0 Å². The Labute approximate surface area is 144 Å². The van der Waals surface area contributed by atoms with Crippen molar-refractivity contribution in [1.29, 1.82) is 0 Å². The number of amides is 1. The molecule has 0 spiro atoms. The molecule has 1 atom stereocenters. The number of nitrogens with one attached hydrogen (secondary N) is 2. The van der Waals surface area contributed by atoms with Crippen molar-refractivity contribution >= 4 is 17.3 Å². The van der Waals surface area contributed by atoms with Gasteiger partial charge in [0.15, 0.2) is 0 Å². The molecule has 5 heteroatoms. The smallest absolute Gasteiger partial charge is 0.238 e. The number of carbonyl (C=O) groups excluding carboxylic acids is 1. The molecule has 3 rings (SSSR count). The van der Waals surface area contributed by atoms with Crippen molar-refractivity contribution in [2.75, 3.05) is 43.0 Å². The van der Waals surface area contributed by atoms with Crippen LogP contribution in [-0.4, -0.2) is 44.8 Å². The molecule has 0 aromatic heterocycles. The van der Waals surface area contributed by atoms with E-state index in [1.54, 1.807) is 0 Å². The van der Waals surface area contributed by atoms with Crippen molar-refractivity contribution < 1.29 is 9.53 Å². The number of carbonyl (C=O) groups is 1. The first-order valence-corrected chi connectivity index (χ1v) is 9.29. The lowest BCUT2D eigenvalue weighted by Gasteiger charge is -2.25. The van der Waals surface area contributed by atoms with Crippen molar-refractivity contribution in [3.8, 4) is 0 Å². The number of nitrogens with zero attached hydrogens (tertiary/aromatic N) is 1. The molecule has 2 N–H and O–H groups in total. The number of rotatable bonds is 6. The minimum absolute atomic E-state index is 0.00951. The van der Waals surface area contributed by atoms with Crippen LogP contribution in [0.25, 0.3) is 0 Å². The molecule has 2 saturated heterocycles. The lowest BCUT2D eigenvalue weighted by Crippen LogP contribution is -2.34. The van der Waals surface area contributed by atoms with Crippen molar-refractivity contribution in [1.82, 2.24) is 5.32 Å². The van der Waals surface area contributed by atoms with Gasteiger partial charge in [-0.25, -0.2) is 0 Å². The molecular formula is C19H29N3O2. The van der Waals surface area contributed by atoms with Crippen LogP contribution in [0.1, 0.15) is 38.5 Å². The second kappa shape index (κ2) is 9.04. The Hall–Kier alpha value is -1.59. The molecular weight excluding hydrogens is 302 g/mol. The van der Waals surface area contributed by atoms with Gasteiger partial charge in [0.2, 0.25) is 5.91 Å². The number of hydrogen-bond donors (Lipinski definition) is 2. The van der Waals surface area contributed by atoms with Gasteiger partial charge in [0.05, 0.1) is 24.0 Å². The van der Waals surface area contributed by atoms with E-state index in [1.807, 2.05) is 18.2 Å². The third kappa shape index (κ3) is 4.95. The van der Waals surface area contributed by atoms with Gasteiger partial charge in [-0.05, 0) is 37.8 Å². The average Bonchev–Trinajstić information content (AvgIpc) is 2.96. The topological polar surface area (TPSA) is 53.6 Å². The van der Waals surface area contributed by atoms with Gasteiger partial charge in [0, 0.05) is 26.2 Å². The van der Waals surface area contributed by atoms with Crippen molar-refractivity contribution in [3.63, 3.8) is 0 Å². The van der Waals surface area contributed by atoms with Crippen LogP contribution < -0.4 is 15.5 Å². The van der Waals surface area contributed by atoms with Crippen LogP contribution in [0, 0.1) is 0 Å². The molecule has 2 heterocycles. The standard InChI is InChI=1S/C19H29N3O2/c23-19(15-20-14-16-8-7-13-24-16)21-17-9-3-4-10-18(17)22-11-5-1-2-6-12-22/h3-4,9-10,16,20H,1-2,5-8,11-15H2,(H,21,23)/t16-/m1/s1. The second-order valence-corrected chi connectivity index (χ2v) is 6.73. The van der Waals surface area contributed by atoms with E-state index < -0.39 is 0 Å². The molecule has 0 saturated carbocycles. The van der Waals surface area contributed by atoms with Gasteiger partial charge < -0.3 is 20.3 Å². The fraction of sp³-hybridized carbons (Fsp3) is 0.632. The Balaban J connectivity index is 1.52. The van der Waals surface area contributed by atoms with Crippen LogP contribution in [0.3, 0.4) is 0 Å². The highest BCUT2D eigenvalue weighted by Crippen LogP contribution is 2.27. The summed E-state index contributed by atoms with van der Waals surface area (Å²) in [4.78, 5) is 14.7. The van der Waals surface area contributed by atoms with Gasteiger partial charge in [0.25, 0.3) is 0 Å². The van der Waals surface area contributed by atoms with Gasteiger partial charge in [0.1, 0.15) is 0 Å². The molecule has 2 fully saturated rings. The molecule has 0 bridgehead atoms. The molecule has 132 valence electrons. The fourth-order valence-electron chi connectivity index (χ4n) is 3.51. The molecule has 24 heavy (non-hydrogen) atoms. The van der Waals surface area contributed by atoms with E-state index in [9.17, 15) is 4.79 Å². The number of ether oxygens (including phenoxy) is 1. The molecule has 1 amide bonds. The van der Waals surface area contributed by atoms with Gasteiger partial charge in [-0.3, -0.25) is 4.79 Å². The molecule has 5 nitrogen and oxygen atoms in total. The zero-order valence-electron chi connectivity index (χ0n) is 14.4. The van der Waals surface area contributed by atoms with Crippen LogP contribution in [-0.2, 0) is 9.53 Å². The maximum atomic E-state index is 12.3. The Morgan fingerprint density at radius 1 is 1.12 bits per heavy atom. The predicted octanol–water partition coefficient (Wildman–Crippen LogP) is 2.77. The van der Waals surface area contributed by atoms with Crippen LogP contribution in [0.2, 0.25) is 0 Å². The first kappa shape index (κ1) is 17.2. The Kier molecular flexibility index (Phi) is 6.49. The molecule has 1 aromatic carbocycles. The molecule has 2 aliphatic rings. The van der Waals surface area contributed by atoms with E-state index in [4.69, 9.17) is 4.74 Å². The van der Waals surface area contributed by atoms with Crippen molar-refractivity contribution in [2.24, 2.45) is 0 Å². The zero-order chi connectivity index (χ0) is 16.6. The summed E-state index contributed by atoms with van der Waals surface area (Å²) in [5.41, 5.74) is 2.06. The van der Waals surface area contributed by atoms with E-state index in [-0.39, 0.29) is 12.0 Å². The normalized spacial score (nSPS) is 21.5. The molecule has 0 radical (unpaired) electrons. The summed E-state index contributed by atoms with van der Waals surface area (Å²) in [5, 5.41) is 6.28. The summed E-state index contributed by atoms with van der Waals surface area (Å²) in [6.45, 7) is 4.07. The first-order chi connectivity index (χ1) is 11.8. The highest BCUT2D eigenvalue weighted by molar-refractivity contribution is 5.95. The van der Waals surface area contributed by atoms with Crippen LogP contribution >= 0.6 is 0 Å². The molecule has 1 aromatic rings. The minimum Gasteiger partial charge on any atom is -0.377 e. The Bertz CT molecular complexity index is 521. The second-order valence-electron chi connectivity index (χ2n) is 6.73. The monoisotopic (exact) mass is 331 g/mol. The van der Waals surface area contributed by atoms with Crippen molar-refractivity contribution in [3.05, 3.63) is 24.3 Å². The number of benzene rings is 1. The lowest BCUT2D eigenvalue weighted by molar-refractivity contribution is -0.115. The van der Waals surface area contributed by atoms with Crippen LogP contribution in [0.15, 0.2) is 24.3 Å². The third-order valence-electron chi connectivity index (χ3n) is 4.81. The average molecular weight is 331 g/mol. The summed E-state index contributed by atoms with van der Waals surface area (Å²) in [7, 11) is 0. The number of anilines is 2. The zero-order valence-corrected chi connectivity index (χ0v) is 14.4. The third-order valence-corrected chi connectivity index (χ3v) is 4.81. The van der Waals surface area contributed by atoms with Crippen LogP contribution in [0.5, 0.6) is 0 Å². The van der Waals surface area contributed by atoms with Crippen LogP contribution in [0.4, 0.5) is 11.4 Å². The Morgan fingerprint density at radius 3 is 2.67 bits per heavy atom. The predicted molar refractivity (Wildman–Crippen MR) is 97.6 cm³/mol. The van der Waals surface area contributed by atoms with Crippen molar-refractivity contribution in [2.45, 2.75) is 44.6 Å². The van der Waals surface area contributed by atoms with E-state index >= 15 is 0 Å². The fourth-order valence-corrected chi connectivity index (χ4v) is 3.51. The van der Waals surface area contributed by atoms with Gasteiger partial charge >= 0.3 is 0 Å². The SMILES string of the molecule is O=C(CNC[C@H]1CCCO1)Nc1ccccc1N1CCCCCC1. The lowest BCUT2D eigenvalue weighted by atomic mass is 10.2. The summed E-state index contributed by atoms with van der Waals surface area (Å²) in [6.07, 6.45) is 7.54. The summed E-state index contributed by atoms with van der Waals surface area (Å²) < 4.78 is 5.56.